The Balaban J connectivity index is 2.41. The van der Waals surface area contributed by atoms with E-state index in [2.05, 4.69) is 22.5 Å². The fourth-order valence-corrected chi connectivity index (χ4v) is 3.39. The molecule has 3 nitrogen and oxygen atoms in total. The lowest BCUT2D eigenvalue weighted by molar-refractivity contribution is 0.101. The first kappa shape index (κ1) is 20.1. The highest BCUT2D eigenvalue weighted by Crippen LogP contribution is 2.42. The lowest BCUT2D eigenvalue weighted by Gasteiger charge is -2.24. The summed E-state index contributed by atoms with van der Waals surface area (Å²) in [5, 5.41) is 0. The van der Waals surface area contributed by atoms with E-state index in [1.807, 2.05) is 0 Å². The molecule has 0 N–H and O–H groups in total. The van der Waals surface area contributed by atoms with E-state index >= 15 is 0 Å². The molecule has 0 aliphatic carbocycles. The number of hydrogen-bond acceptors (Lipinski definition) is 3. The second-order valence-corrected chi connectivity index (χ2v) is 8.36. The molecule has 0 saturated carbocycles. The predicted octanol–water partition coefficient (Wildman–Crippen LogP) is 6.37. The Morgan fingerprint density at radius 2 is 2.04 bits per heavy atom. The summed E-state index contributed by atoms with van der Waals surface area (Å²) in [5.41, 5.74) is 0.709. The zero-order chi connectivity index (χ0) is 18.4. The van der Waals surface area contributed by atoms with Crippen LogP contribution in [0.15, 0.2) is 65.7 Å². The van der Waals surface area contributed by atoms with Gasteiger partial charge in [-0.15, -0.1) is 0 Å². The summed E-state index contributed by atoms with van der Waals surface area (Å²) in [6.07, 6.45) is 1.59. The van der Waals surface area contributed by atoms with Crippen LogP contribution in [-0.4, -0.2) is 16.4 Å². The third-order valence-corrected chi connectivity index (χ3v) is 4.78. The highest BCUT2D eigenvalue weighted by Gasteiger charge is 2.33. The van der Waals surface area contributed by atoms with Crippen molar-refractivity contribution >= 4 is 62.7 Å². The number of rotatable bonds is 7. The van der Waals surface area contributed by atoms with E-state index in [-0.39, 0.29) is 0 Å². The number of carbonyl (C=O) groups excluding carboxylic acids is 1. The minimum absolute atomic E-state index is 0.298. The lowest BCUT2D eigenvalue weighted by atomic mass is 10.2. The van der Waals surface area contributed by atoms with E-state index in [1.165, 1.54) is 0 Å². The quantitative estimate of drug-likeness (QED) is 0.271. The first-order valence-electron chi connectivity index (χ1n) is 7.00. The summed E-state index contributed by atoms with van der Waals surface area (Å²) in [7, 11) is 0. The SMILES string of the molecule is C=CCOc1cccc(N(SC(F)(Cl)Cl)C(=O)c2ccccc2Br)c1. The minimum Gasteiger partial charge on any atom is -0.489 e. The van der Waals surface area contributed by atoms with Crippen LogP contribution in [0.5, 0.6) is 5.75 Å². The van der Waals surface area contributed by atoms with Gasteiger partial charge in [-0.05, 0) is 40.2 Å². The summed E-state index contributed by atoms with van der Waals surface area (Å²) in [5.74, 6) is 0.0122. The Hall–Kier alpha value is -1.21. The summed E-state index contributed by atoms with van der Waals surface area (Å²) < 4.78 is 18.3. The van der Waals surface area contributed by atoms with Gasteiger partial charge in [0, 0.05) is 22.5 Å². The second-order valence-electron chi connectivity index (χ2n) is 4.71. The molecule has 0 bridgehead atoms. The Bertz CT molecular complexity index is 770. The number of ether oxygens (including phenoxy) is 1. The van der Waals surface area contributed by atoms with Crippen molar-refractivity contribution in [3.63, 3.8) is 0 Å². The molecule has 25 heavy (non-hydrogen) atoms. The van der Waals surface area contributed by atoms with Crippen molar-refractivity contribution in [3.05, 3.63) is 71.2 Å². The van der Waals surface area contributed by atoms with Gasteiger partial charge in [-0.2, -0.15) is 4.39 Å². The molecule has 0 saturated heterocycles. The molecule has 0 fully saturated rings. The van der Waals surface area contributed by atoms with Crippen LogP contribution in [0.4, 0.5) is 10.1 Å². The molecule has 1 amide bonds. The maximum Gasteiger partial charge on any atom is 0.324 e. The number of alkyl halides is 3. The summed E-state index contributed by atoms with van der Waals surface area (Å²) in [6.45, 7) is 3.87. The molecular formula is C17H13BrCl2FNO2S. The van der Waals surface area contributed by atoms with E-state index in [1.54, 1.807) is 54.6 Å². The fraction of sp³-hybridized carbons (Fsp3) is 0.118. The van der Waals surface area contributed by atoms with Gasteiger partial charge in [0.25, 0.3) is 5.91 Å². The molecule has 0 atom stereocenters. The van der Waals surface area contributed by atoms with Crippen molar-refractivity contribution in [2.75, 3.05) is 10.9 Å². The molecule has 132 valence electrons. The smallest absolute Gasteiger partial charge is 0.324 e. The topological polar surface area (TPSA) is 29.5 Å². The van der Waals surface area contributed by atoms with E-state index in [4.69, 9.17) is 27.9 Å². The Labute approximate surface area is 168 Å². The second kappa shape index (κ2) is 8.94. The molecule has 2 aromatic carbocycles. The predicted molar refractivity (Wildman–Crippen MR) is 106 cm³/mol. The van der Waals surface area contributed by atoms with Crippen molar-refractivity contribution < 1.29 is 13.9 Å². The van der Waals surface area contributed by atoms with Crippen molar-refractivity contribution in [2.45, 2.75) is 3.92 Å². The largest absolute Gasteiger partial charge is 0.489 e. The van der Waals surface area contributed by atoms with Crippen molar-refractivity contribution in [3.8, 4) is 5.75 Å². The molecule has 0 spiro atoms. The molecule has 2 rings (SSSR count). The average Bonchev–Trinajstić information content (AvgIpc) is 2.57. The van der Waals surface area contributed by atoms with Crippen LogP contribution in [0.1, 0.15) is 10.4 Å². The Kier molecular flexibility index (Phi) is 7.19. The molecule has 2 aromatic rings. The summed E-state index contributed by atoms with van der Waals surface area (Å²) in [4.78, 5) is 12.9. The van der Waals surface area contributed by atoms with Crippen LogP contribution in [0.25, 0.3) is 0 Å². The third-order valence-electron chi connectivity index (χ3n) is 2.90. The maximum atomic E-state index is 13.8. The number of anilines is 1. The first-order valence-corrected chi connectivity index (χ1v) is 9.32. The number of hydrogen-bond donors (Lipinski definition) is 0. The van der Waals surface area contributed by atoms with Crippen LogP contribution in [0.3, 0.4) is 0 Å². The monoisotopic (exact) mass is 463 g/mol. The van der Waals surface area contributed by atoms with E-state index < -0.39 is 9.83 Å². The highest BCUT2D eigenvalue weighted by atomic mass is 79.9. The number of nitrogens with zero attached hydrogens (tertiary/aromatic N) is 1. The van der Waals surface area contributed by atoms with Crippen LogP contribution in [-0.2, 0) is 0 Å². The van der Waals surface area contributed by atoms with Gasteiger partial charge in [0.15, 0.2) is 0 Å². The molecule has 0 aromatic heterocycles. The van der Waals surface area contributed by atoms with Crippen LogP contribution >= 0.6 is 51.1 Å². The van der Waals surface area contributed by atoms with Gasteiger partial charge in [0.1, 0.15) is 12.4 Å². The Morgan fingerprint density at radius 1 is 1.32 bits per heavy atom. The zero-order valence-corrected chi connectivity index (χ0v) is 16.7. The molecule has 0 heterocycles. The molecule has 8 heteroatoms. The van der Waals surface area contributed by atoms with Gasteiger partial charge >= 0.3 is 3.92 Å². The highest BCUT2D eigenvalue weighted by molar-refractivity contribution is 9.10. The standard InChI is InChI=1S/C17H13BrCl2FNO2S/c1-2-10-24-13-7-5-6-12(11-13)22(25-17(19,20)21)16(23)14-8-3-4-9-15(14)18/h2-9,11H,1,10H2. The zero-order valence-electron chi connectivity index (χ0n) is 12.8. The molecule has 0 aliphatic rings. The average molecular weight is 465 g/mol. The van der Waals surface area contributed by atoms with Gasteiger partial charge in [0.05, 0.1) is 11.3 Å². The summed E-state index contributed by atoms with van der Waals surface area (Å²) >= 11 is 14.6. The van der Waals surface area contributed by atoms with Gasteiger partial charge in [-0.25, -0.2) is 4.31 Å². The fourth-order valence-electron chi connectivity index (χ4n) is 1.91. The van der Waals surface area contributed by atoms with Crippen LogP contribution in [0.2, 0.25) is 0 Å². The van der Waals surface area contributed by atoms with Crippen molar-refractivity contribution in [1.29, 1.82) is 0 Å². The van der Waals surface area contributed by atoms with E-state index in [0.717, 1.165) is 4.31 Å². The van der Waals surface area contributed by atoms with Gasteiger partial charge < -0.3 is 4.74 Å². The van der Waals surface area contributed by atoms with Gasteiger partial charge in [-0.3, -0.25) is 4.79 Å². The normalized spacial score (nSPS) is 11.0. The first-order chi connectivity index (χ1) is 11.8. The van der Waals surface area contributed by atoms with Gasteiger partial charge in [0.2, 0.25) is 0 Å². The van der Waals surface area contributed by atoms with E-state index in [0.29, 0.717) is 40.0 Å². The minimum atomic E-state index is -2.69. The van der Waals surface area contributed by atoms with Crippen LogP contribution < -0.4 is 9.04 Å². The Morgan fingerprint density at radius 3 is 2.68 bits per heavy atom. The lowest BCUT2D eigenvalue weighted by Crippen LogP contribution is -2.27. The molecular weight excluding hydrogens is 452 g/mol. The number of benzene rings is 2. The van der Waals surface area contributed by atoms with Gasteiger partial charge in [-0.1, -0.05) is 54.1 Å². The number of amides is 1. The number of carbonyl (C=O) groups is 1. The van der Waals surface area contributed by atoms with Crippen molar-refractivity contribution in [1.82, 2.24) is 0 Å². The van der Waals surface area contributed by atoms with E-state index in [9.17, 15) is 9.18 Å². The molecule has 0 radical (unpaired) electrons. The number of halogens is 4. The molecule has 0 aliphatic heterocycles. The molecule has 0 unspecified atom stereocenters. The van der Waals surface area contributed by atoms with Crippen molar-refractivity contribution in [2.24, 2.45) is 0 Å². The maximum absolute atomic E-state index is 13.8. The summed E-state index contributed by atoms with van der Waals surface area (Å²) in [6, 6.07) is 13.4. The van der Waals surface area contributed by atoms with Crippen LogP contribution in [0, 0.1) is 0 Å². The third kappa shape index (κ3) is 5.92.